The molecule has 186 valence electrons. The first-order valence-corrected chi connectivity index (χ1v) is 14.3. The Balaban J connectivity index is 1.90. The molecule has 0 unspecified atom stereocenters. The fourth-order valence-electron chi connectivity index (χ4n) is 3.89. The van der Waals surface area contributed by atoms with Gasteiger partial charge in [-0.3, -0.25) is 9.13 Å². The second-order valence-electron chi connectivity index (χ2n) is 10.3. The van der Waals surface area contributed by atoms with Crippen molar-refractivity contribution in [2.45, 2.75) is 65.5 Å². The van der Waals surface area contributed by atoms with Crippen molar-refractivity contribution in [3.05, 3.63) is 58.0 Å². The van der Waals surface area contributed by atoms with E-state index in [9.17, 15) is 18.0 Å². The minimum Gasteiger partial charge on any atom is -0.415 e. The lowest BCUT2D eigenvalue weighted by Crippen LogP contribution is -2.41. The van der Waals surface area contributed by atoms with Crippen LogP contribution in [0.5, 0.6) is 0 Å². The Morgan fingerprint density at radius 2 is 1.56 bits per heavy atom. The predicted octanol–water partition coefficient (Wildman–Crippen LogP) is 6.41. The van der Waals surface area contributed by atoms with Gasteiger partial charge in [-0.1, -0.05) is 32.9 Å². The van der Waals surface area contributed by atoms with Crippen molar-refractivity contribution in [3.8, 4) is 5.69 Å². The summed E-state index contributed by atoms with van der Waals surface area (Å²) in [5.41, 5.74) is 3.08. The molecule has 3 rings (SSSR count). The van der Waals surface area contributed by atoms with Gasteiger partial charge < -0.3 is 9.74 Å². The number of halogens is 3. The average Bonchev–Trinajstić information content (AvgIpc) is 2.95. The van der Waals surface area contributed by atoms with E-state index in [4.69, 9.17) is 4.43 Å². The van der Waals surface area contributed by atoms with Gasteiger partial charge in [0.2, 0.25) is 0 Å². The quantitative estimate of drug-likeness (QED) is 0.306. The number of aromatic nitrogens is 2. The van der Waals surface area contributed by atoms with E-state index < -0.39 is 26.7 Å². The molecule has 2 aromatic carbocycles. The van der Waals surface area contributed by atoms with Crippen molar-refractivity contribution >= 4 is 25.0 Å². The SMILES string of the molecule is Cc1cc(NCCO[Si](C)(C)C(C)(C)C)cc(C)c1-n1c(=O)n(CC(F)(F)F)c2ccccc21. The average molecular weight is 494 g/mol. The lowest BCUT2D eigenvalue weighted by Gasteiger charge is -2.36. The van der Waals surface area contributed by atoms with Crippen molar-refractivity contribution < 1.29 is 17.6 Å². The predicted molar refractivity (Wildman–Crippen MR) is 135 cm³/mol. The van der Waals surface area contributed by atoms with E-state index in [0.717, 1.165) is 21.4 Å². The molecule has 1 N–H and O–H groups in total. The number of anilines is 1. The Hall–Kier alpha value is -2.52. The summed E-state index contributed by atoms with van der Waals surface area (Å²) in [5.74, 6) is 0. The molecule has 9 heteroatoms. The molecular formula is C25H34F3N3O2Si. The van der Waals surface area contributed by atoms with Gasteiger partial charge in [0.15, 0.2) is 8.32 Å². The van der Waals surface area contributed by atoms with Gasteiger partial charge in [-0.2, -0.15) is 13.2 Å². The smallest absolute Gasteiger partial charge is 0.406 e. The van der Waals surface area contributed by atoms with Crippen LogP contribution in [0.25, 0.3) is 16.7 Å². The molecule has 1 aromatic heterocycles. The van der Waals surface area contributed by atoms with Crippen molar-refractivity contribution in [2.75, 3.05) is 18.5 Å². The zero-order valence-electron chi connectivity index (χ0n) is 20.9. The molecule has 0 fully saturated rings. The lowest BCUT2D eigenvalue weighted by atomic mass is 10.1. The van der Waals surface area contributed by atoms with Gasteiger partial charge in [0.05, 0.1) is 23.3 Å². The van der Waals surface area contributed by atoms with Crippen LogP contribution in [0.4, 0.5) is 18.9 Å². The summed E-state index contributed by atoms with van der Waals surface area (Å²) in [4.78, 5) is 13.1. The number of benzene rings is 2. The minimum atomic E-state index is -4.50. The largest absolute Gasteiger partial charge is 0.415 e. The maximum atomic E-state index is 13.2. The molecule has 3 aromatic rings. The van der Waals surface area contributed by atoms with Gasteiger partial charge in [-0.15, -0.1) is 0 Å². The number of hydrogen-bond donors (Lipinski definition) is 1. The molecule has 0 bridgehead atoms. The van der Waals surface area contributed by atoms with Crippen molar-refractivity contribution in [1.82, 2.24) is 9.13 Å². The summed E-state index contributed by atoms with van der Waals surface area (Å²) >= 11 is 0. The zero-order chi connectivity index (χ0) is 25.5. The van der Waals surface area contributed by atoms with Gasteiger partial charge in [0.1, 0.15) is 6.54 Å². The molecule has 0 aliphatic carbocycles. The molecule has 0 atom stereocenters. The topological polar surface area (TPSA) is 48.2 Å². The minimum absolute atomic E-state index is 0.139. The first-order valence-electron chi connectivity index (χ1n) is 11.4. The Kier molecular flexibility index (Phi) is 7.11. The summed E-state index contributed by atoms with van der Waals surface area (Å²) in [5, 5.41) is 3.51. The summed E-state index contributed by atoms with van der Waals surface area (Å²) in [6.45, 7) is 14.6. The number of imidazole rings is 1. The third kappa shape index (κ3) is 5.41. The molecule has 5 nitrogen and oxygen atoms in total. The van der Waals surface area contributed by atoms with E-state index in [1.165, 1.54) is 4.57 Å². The molecular weight excluding hydrogens is 459 g/mol. The van der Waals surface area contributed by atoms with Gasteiger partial charge in [0.25, 0.3) is 0 Å². The fraction of sp³-hybridized carbons (Fsp3) is 0.480. The number of hydrogen-bond acceptors (Lipinski definition) is 3. The molecule has 0 saturated carbocycles. The normalized spacial score (nSPS) is 13.0. The number of nitrogens with zero attached hydrogens (tertiary/aromatic N) is 2. The van der Waals surface area contributed by atoms with Crippen LogP contribution in [0.2, 0.25) is 18.1 Å². The van der Waals surface area contributed by atoms with Crippen LogP contribution in [0.3, 0.4) is 0 Å². The van der Waals surface area contributed by atoms with Crippen LogP contribution in [0.1, 0.15) is 31.9 Å². The molecule has 0 amide bonds. The number of alkyl halides is 3. The van der Waals surface area contributed by atoms with Gasteiger partial charge in [0, 0.05) is 12.2 Å². The van der Waals surface area contributed by atoms with Crippen LogP contribution in [0, 0.1) is 13.8 Å². The lowest BCUT2D eigenvalue weighted by molar-refractivity contribution is -0.140. The summed E-state index contributed by atoms with van der Waals surface area (Å²) < 4.78 is 47.9. The maximum Gasteiger partial charge on any atom is 0.406 e. The zero-order valence-corrected chi connectivity index (χ0v) is 21.9. The first kappa shape index (κ1) is 26.1. The summed E-state index contributed by atoms with van der Waals surface area (Å²) in [7, 11) is -1.83. The second-order valence-corrected chi connectivity index (χ2v) is 15.1. The third-order valence-electron chi connectivity index (χ3n) is 6.59. The van der Waals surface area contributed by atoms with Crippen LogP contribution in [0.15, 0.2) is 41.2 Å². The molecule has 0 radical (unpaired) electrons. The monoisotopic (exact) mass is 493 g/mol. The van der Waals surface area contributed by atoms with Gasteiger partial charge >= 0.3 is 11.9 Å². The second kappa shape index (κ2) is 9.26. The molecule has 1 heterocycles. The van der Waals surface area contributed by atoms with Crippen LogP contribution < -0.4 is 11.0 Å². The highest BCUT2D eigenvalue weighted by atomic mass is 28.4. The highest BCUT2D eigenvalue weighted by Gasteiger charge is 2.36. The molecule has 0 spiro atoms. The van der Waals surface area contributed by atoms with E-state index in [1.807, 2.05) is 26.0 Å². The molecule has 0 saturated heterocycles. The van der Waals surface area contributed by atoms with Crippen molar-refractivity contribution in [2.24, 2.45) is 0 Å². The van der Waals surface area contributed by atoms with Crippen LogP contribution >= 0.6 is 0 Å². The highest BCUT2D eigenvalue weighted by Crippen LogP contribution is 2.36. The maximum absolute atomic E-state index is 13.2. The number of para-hydroxylation sites is 2. The first-order chi connectivity index (χ1) is 15.6. The molecule has 34 heavy (non-hydrogen) atoms. The number of fused-ring (bicyclic) bond motifs is 1. The summed E-state index contributed by atoms with van der Waals surface area (Å²) in [6, 6.07) is 10.4. The van der Waals surface area contributed by atoms with Gasteiger partial charge in [-0.05, 0) is 67.4 Å². The fourth-order valence-corrected chi connectivity index (χ4v) is 4.93. The van der Waals surface area contributed by atoms with E-state index in [0.29, 0.717) is 24.4 Å². The van der Waals surface area contributed by atoms with E-state index >= 15 is 0 Å². The standard InChI is InChI=1S/C25H34F3N3O2Si/c1-17-14-19(29-12-13-33-34(6,7)24(3,4)5)15-18(2)22(17)31-21-11-9-8-10-20(21)30(23(31)32)16-25(26,27)28/h8-11,14-15,29H,12-13,16H2,1-7H3. The number of rotatable bonds is 7. The summed E-state index contributed by atoms with van der Waals surface area (Å²) in [6.07, 6.45) is -4.50. The van der Waals surface area contributed by atoms with E-state index in [1.54, 1.807) is 24.3 Å². The Bertz CT molecular complexity index is 1210. The molecule has 0 aliphatic rings. The van der Waals surface area contributed by atoms with Crippen molar-refractivity contribution in [3.63, 3.8) is 0 Å². The van der Waals surface area contributed by atoms with E-state index in [2.05, 4.69) is 39.2 Å². The Morgan fingerprint density at radius 3 is 2.09 bits per heavy atom. The Morgan fingerprint density at radius 1 is 1.00 bits per heavy atom. The van der Waals surface area contributed by atoms with Crippen LogP contribution in [-0.2, 0) is 11.0 Å². The van der Waals surface area contributed by atoms with Crippen LogP contribution in [-0.4, -0.2) is 36.8 Å². The number of nitrogens with one attached hydrogen (secondary N) is 1. The van der Waals surface area contributed by atoms with Gasteiger partial charge in [-0.25, -0.2) is 4.79 Å². The Labute approximate surface area is 199 Å². The molecule has 0 aliphatic heterocycles. The highest BCUT2D eigenvalue weighted by molar-refractivity contribution is 6.74. The third-order valence-corrected chi connectivity index (χ3v) is 11.1. The van der Waals surface area contributed by atoms with Crippen molar-refractivity contribution in [1.29, 1.82) is 0 Å². The number of aryl methyl sites for hydroxylation is 2. The van der Waals surface area contributed by atoms with E-state index in [-0.39, 0.29) is 10.6 Å².